The lowest BCUT2D eigenvalue weighted by Gasteiger charge is -2.31. The van der Waals surface area contributed by atoms with E-state index < -0.39 is 28.7 Å². The van der Waals surface area contributed by atoms with Crippen LogP contribution in [0.1, 0.15) is 63.9 Å². The fourth-order valence-corrected chi connectivity index (χ4v) is 4.12. The van der Waals surface area contributed by atoms with Gasteiger partial charge in [0, 0.05) is 29.5 Å². The van der Waals surface area contributed by atoms with E-state index in [2.05, 4.69) is 4.99 Å². The van der Waals surface area contributed by atoms with Crippen molar-refractivity contribution in [1.82, 2.24) is 0 Å². The van der Waals surface area contributed by atoms with E-state index in [1.54, 1.807) is 19.9 Å². The van der Waals surface area contributed by atoms with Crippen LogP contribution in [0.4, 0.5) is 5.69 Å². The first kappa shape index (κ1) is 26.2. The zero-order chi connectivity index (χ0) is 24.4. The highest BCUT2D eigenvalue weighted by molar-refractivity contribution is 6.07. The Balaban J connectivity index is 2.24. The van der Waals surface area contributed by atoms with E-state index >= 15 is 0 Å². The molecule has 0 amide bonds. The smallest absolute Gasteiger partial charge is 0.336 e. The van der Waals surface area contributed by atoms with E-state index in [0.29, 0.717) is 23.5 Å². The maximum Gasteiger partial charge on any atom is 0.336 e. The molecule has 9 heteroatoms. The molecule has 2 atom stereocenters. The number of ether oxygens (including phenoxy) is 2. The second kappa shape index (κ2) is 12.8. The second-order valence-corrected chi connectivity index (χ2v) is 8.13. The number of nitro groups is 1. The number of nitro benzene ring substituents is 1. The predicted molar refractivity (Wildman–Crippen MR) is 125 cm³/mol. The summed E-state index contributed by atoms with van der Waals surface area (Å²) in [6.45, 7) is 4.31. The Morgan fingerprint density at radius 3 is 2.42 bits per heavy atom. The quantitative estimate of drug-likeness (QED) is 0.215. The number of carbonyl (C=O) groups excluding carboxylic acids is 2. The van der Waals surface area contributed by atoms with Crippen molar-refractivity contribution in [3.63, 3.8) is 0 Å². The first-order valence-corrected chi connectivity index (χ1v) is 11.3. The Morgan fingerprint density at radius 2 is 1.79 bits per heavy atom. The van der Waals surface area contributed by atoms with Crippen molar-refractivity contribution in [3.8, 4) is 0 Å². The first-order valence-electron chi connectivity index (χ1n) is 11.3. The molecule has 1 aromatic rings. The average molecular weight is 460 g/mol. The van der Waals surface area contributed by atoms with Gasteiger partial charge >= 0.3 is 11.9 Å². The summed E-state index contributed by atoms with van der Waals surface area (Å²) in [6, 6.07) is 5.93. The van der Waals surface area contributed by atoms with E-state index in [1.165, 1.54) is 25.3 Å². The fourth-order valence-electron chi connectivity index (χ4n) is 4.12. The van der Waals surface area contributed by atoms with Gasteiger partial charge < -0.3 is 15.2 Å². The molecule has 33 heavy (non-hydrogen) atoms. The number of non-ortho nitro benzene ring substituents is 1. The van der Waals surface area contributed by atoms with Gasteiger partial charge in [-0.25, -0.2) is 4.79 Å². The van der Waals surface area contributed by atoms with Crippen molar-refractivity contribution < 1.29 is 24.0 Å². The summed E-state index contributed by atoms with van der Waals surface area (Å²) in [5.74, 6) is -2.82. The van der Waals surface area contributed by atoms with Crippen LogP contribution in [0.2, 0.25) is 0 Å². The monoisotopic (exact) mass is 459 g/mol. The Bertz CT molecular complexity index is 925. The highest BCUT2D eigenvalue weighted by Crippen LogP contribution is 2.40. The summed E-state index contributed by atoms with van der Waals surface area (Å²) in [4.78, 5) is 41.0. The lowest BCUT2D eigenvalue weighted by Crippen LogP contribution is -2.36. The van der Waals surface area contributed by atoms with Gasteiger partial charge in [0.15, 0.2) is 0 Å². The Labute approximate surface area is 194 Å². The van der Waals surface area contributed by atoms with Crippen molar-refractivity contribution in [2.24, 2.45) is 16.6 Å². The second-order valence-electron chi connectivity index (χ2n) is 8.13. The molecule has 1 aliphatic rings. The predicted octanol–water partition coefficient (Wildman–Crippen LogP) is 4.06. The van der Waals surface area contributed by atoms with Crippen molar-refractivity contribution in [2.75, 3.05) is 20.3 Å². The van der Waals surface area contributed by atoms with Gasteiger partial charge in [-0.2, -0.15) is 0 Å². The van der Waals surface area contributed by atoms with Crippen LogP contribution in [0.5, 0.6) is 0 Å². The number of aliphatic imine (C=N–C) groups is 1. The molecule has 1 heterocycles. The molecule has 0 radical (unpaired) electrons. The third kappa shape index (κ3) is 6.95. The molecule has 0 aliphatic carbocycles. The van der Waals surface area contributed by atoms with Crippen molar-refractivity contribution in [3.05, 3.63) is 51.2 Å². The third-order valence-corrected chi connectivity index (χ3v) is 5.78. The summed E-state index contributed by atoms with van der Waals surface area (Å²) in [6.07, 6.45) is 5.92. The number of hydrogen-bond acceptors (Lipinski definition) is 8. The number of unbranched alkanes of at least 4 members (excludes halogenated alkanes) is 5. The van der Waals surface area contributed by atoms with E-state index in [-0.39, 0.29) is 17.9 Å². The van der Waals surface area contributed by atoms with E-state index in [0.717, 1.165) is 38.5 Å². The number of esters is 2. The molecule has 0 saturated heterocycles. The summed E-state index contributed by atoms with van der Waals surface area (Å²) in [7, 11) is 1.26. The Hall–Kier alpha value is -3.07. The van der Waals surface area contributed by atoms with Crippen LogP contribution < -0.4 is 5.73 Å². The van der Waals surface area contributed by atoms with Gasteiger partial charge in [0.2, 0.25) is 0 Å². The lowest BCUT2D eigenvalue weighted by molar-refractivity contribution is -0.384. The highest BCUT2D eigenvalue weighted by Gasteiger charge is 2.42. The molecule has 180 valence electrons. The summed E-state index contributed by atoms with van der Waals surface area (Å²) in [5.41, 5.74) is 6.95. The molecule has 0 saturated carbocycles. The minimum absolute atomic E-state index is 0.128. The molecule has 0 bridgehead atoms. The summed E-state index contributed by atoms with van der Waals surface area (Å²) in [5, 5.41) is 11.3. The maximum atomic E-state index is 13.1. The minimum Gasteiger partial charge on any atom is -0.468 e. The van der Waals surface area contributed by atoms with E-state index in [9.17, 15) is 19.7 Å². The van der Waals surface area contributed by atoms with Gasteiger partial charge in [-0.3, -0.25) is 19.9 Å². The van der Waals surface area contributed by atoms with E-state index in [4.69, 9.17) is 15.2 Å². The molecule has 9 nitrogen and oxygen atoms in total. The minimum atomic E-state index is -0.884. The largest absolute Gasteiger partial charge is 0.468 e. The lowest BCUT2D eigenvalue weighted by atomic mass is 9.75. The van der Waals surface area contributed by atoms with Crippen molar-refractivity contribution in [1.29, 1.82) is 0 Å². The van der Waals surface area contributed by atoms with Crippen LogP contribution in [0.15, 0.2) is 40.5 Å². The van der Waals surface area contributed by atoms with E-state index in [1.807, 2.05) is 0 Å². The number of nitrogens with zero attached hydrogens (tertiary/aromatic N) is 2. The maximum absolute atomic E-state index is 13.1. The van der Waals surface area contributed by atoms with Crippen molar-refractivity contribution >= 4 is 23.3 Å². The standard InChI is InChI=1S/C24H33N3O6/c1-16-20(23(28)32-3)22(18-11-10-12-19(15-18)27(30)31)21(17(2)26-16)24(29)33-14-9-7-5-4-6-8-13-25/h10-12,15,20,22H,4-9,13-14,25H2,1-3H3. The molecule has 0 spiro atoms. The average Bonchev–Trinajstić information content (AvgIpc) is 2.79. The van der Waals surface area contributed by atoms with Crippen LogP contribution in [-0.4, -0.2) is 42.8 Å². The molecular formula is C24H33N3O6. The van der Waals surface area contributed by atoms with Gasteiger partial charge in [0.1, 0.15) is 5.92 Å². The number of hydrogen-bond donors (Lipinski definition) is 1. The number of rotatable bonds is 12. The van der Waals surface area contributed by atoms with Crippen LogP contribution in [-0.2, 0) is 19.1 Å². The first-order chi connectivity index (χ1) is 15.8. The number of nitrogens with two attached hydrogens (primary N) is 1. The van der Waals surface area contributed by atoms with Crippen LogP contribution in [0, 0.1) is 16.0 Å². The molecular weight excluding hydrogens is 426 g/mol. The summed E-state index contributed by atoms with van der Waals surface area (Å²) < 4.78 is 10.5. The fraction of sp³-hybridized carbons (Fsp3) is 0.542. The van der Waals surface area contributed by atoms with Gasteiger partial charge in [-0.1, -0.05) is 37.8 Å². The van der Waals surface area contributed by atoms with Gasteiger partial charge in [-0.05, 0) is 38.8 Å². The molecule has 2 unspecified atom stereocenters. The number of methoxy groups -OCH3 is 1. The Kier molecular flexibility index (Phi) is 10.2. The molecule has 0 aromatic heterocycles. The molecule has 1 aromatic carbocycles. The van der Waals surface area contributed by atoms with Gasteiger partial charge in [0.25, 0.3) is 5.69 Å². The topological polar surface area (TPSA) is 134 Å². The summed E-state index contributed by atoms with van der Waals surface area (Å²) >= 11 is 0. The van der Waals surface area contributed by atoms with Gasteiger partial charge in [0.05, 0.1) is 24.2 Å². The zero-order valence-corrected chi connectivity index (χ0v) is 19.5. The molecule has 2 rings (SSSR count). The molecule has 2 N–H and O–H groups in total. The van der Waals surface area contributed by atoms with Crippen LogP contribution >= 0.6 is 0 Å². The van der Waals surface area contributed by atoms with Gasteiger partial charge in [-0.15, -0.1) is 0 Å². The van der Waals surface area contributed by atoms with Crippen molar-refractivity contribution in [2.45, 2.75) is 58.3 Å². The molecule has 1 aliphatic heterocycles. The number of carbonyl (C=O) groups is 2. The normalized spacial score (nSPS) is 18.0. The van der Waals surface area contributed by atoms with Crippen LogP contribution in [0.3, 0.4) is 0 Å². The number of allylic oxidation sites excluding steroid dienone is 1. The van der Waals surface area contributed by atoms with Crippen LogP contribution in [0.25, 0.3) is 0 Å². The third-order valence-electron chi connectivity index (χ3n) is 5.78. The molecule has 0 fully saturated rings. The zero-order valence-electron chi connectivity index (χ0n) is 19.5. The number of benzene rings is 1. The SMILES string of the molecule is COC(=O)C1C(C)=NC(C)=C(C(=O)OCCCCCCCCN)C1c1cccc([N+](=O)[O-])c1. The Morgan fingerprint density at radius 1 is 1.12 bits per heavy atom. The highest BCUT2D eigenvalue weighted by atomic mass is 16.6.